The highest BCUT2D eigenvalue weighted by molar-refractivity contribution is 5.77. The van der Waals surface area contributed by atoms with Gasteiger partial charge in [-0.05, 0) is 37.7 Å². The van der Waals surface area contributed by atoms with Gasteiger partial charge < -0.3 is 14.8 Å². The second-order valence-corrected chi connectivity index (χ2v) is 5.86. The normalized spacial score (nSPS) is 10.5. The molecule has 0 fully saturated rings. The molecule has 25 heavy (non-hydrogen) atoms. The fraction of sp³-hybridized carbons (Fsp3) is 0.350. The third kappa shape index (κ3) is 7.27. The summed E-state index contributed by atoms with van der Waals surface area (Å²) in [6, 6.07) is 17.5. The summed E-state index contributed by atoms with van der Waals surface area (Å²) >= 11 is 0. The maximum atomic E-state index is 11.9. The lowest BCUT2D eigenvalue weighted by atomic mass is 10.2. The molecular weight excluding hydrogens is 316 g/mol. The lowest BCUT2D eigenvalue weighted by molar-refractivity contribution is -0.122. The number of rotatable bonds is 10. The highest BCUT2D eigenvalue weighted by Crippen LogP contribution is 2.15. The first-order valence-electron chi connectivity index (χ1n) is 8.46. The van der Waals surface area contributed by atoms with Crippen LogP contribution in [0.4, 0.5) is 0 Å². The minimum absolute atomic E-state index is 0.0185. The fourth-order valence-electron chi connectivity index (χ4n) is 2.29. The number of nitrogens with zero attached hydrogens (tertiary/aromatic N) is 1. The van der Waals surface area contributed by atoms with Gasteiger partial charge in [-0.25, -0.2) is 0 Å². The van der Waals surface area contributed by atoms with E-state index >= 15 is 0 Å². The molecule has 0 aliphatic heterocycles. The molecule has 1 N–H and O–H groups in total. The molecule has 0 saturated carbocycles. The van der Waals surface area contributed by atoms with Gasteiger partial charge in [-0.1, -0.05) is 36.4 Å². The summed E-state index contributed by atoms with van der Waals surface area (Å²) in [5.74, 6) is 1.68. The number of para-hydroxylation sites is 2. The number of hydrogen-bond acceptors (Lipinski definition) is 4. The average Bonchev–Trinajstić information content (AvgIpc) is 2.61. The van der Waals surface area contributed by atoms with Gasteiger partial charge in [0.2, 0.25) is 5.91 Å². The van der Waals surface area contributed by atoms with Crippen molar-refractivity contribution < 1.29 is 14.3 Å². The van der Waals surface area contributed by atoms with E-state index in [-0.39, 0.29) is 5.91 Å². The van der Waals surface area contributed by atoms with Crippen molar-refractivity contribution >= 4 is 5.91 Å². The molecule has 2 aromatic rings. The Morgan fingerprint density at radius 1 is 1.00 bits per heavy atom. The van der Waals surface area contributed by atoms with Gasteiger partial charge in [-0.2, -0.15) is 0 Å². The molecule has 5 nitrogen and oxygen atoms in total. The third-order valence-corrected chi connectivity index (χ3v) is 3.67. The molecule has 5 heteroatoms. The molecule has 0 heterocycles. The number of benzene rings is 2. The average molecular weight is 342 g/mol. The van der Waals surface area contributed by atoms with Gasteiger partial charge in [0, 0.05) is 6.54 Å². The molecule has 1 amide bonds. The Morgan fingerprint density at radius 2 is 1.72 bits per heavy atom. The van der Waals surface area contributed by atoms with Crippen LogP contribution in [-0.2, 0) is 4.79 Å². The summed E-state index contributed by atoms with van der Waals surface area (Å²) < 4.78 is 11.3. The van der Waals surface area contributed by atoms with Crippen LogP contribution >= 0.6 is 0 Å². The first-order chi connectivity index (χ1) is 12.1. The van der Waals surface area contributed by atoms with E-state index in [9.17, 15) is 4.79 Å². The van der Waals surface area contributed by atoms with Gasteiger partial charge in [0.05, 0.1) is 13.1 Å². The Bertz CT molecular complexity index is 646. The zero-order valence-electron chi connectivity index (χ0n) is 14.9. The van der Waals surface area contributed by atoms with E-state index < -0.39 is 0 Å². The van der Waals surface area contributed by atoms with Crippen molar-refractivity contribution in [3.63, 3.8) is 0 Å². The molecule has 2 aromatic carbocycles. The maximum absolute atomic E-state index is 11.9. The largest absolute Gasteiger partial charge is 0.492 e. The molecule has 2 rings (SSSR count). The third-order valence-electron chi connectivity index (χ3n) is 3.67. The summed E-state index contributed by atoms with van der Waals surface area (Å²) in [7, 11) is 1.90. The first-order valence-corrected chi connectivity index (χ1v) is 8.46. The Morgan fingerprint density at radius 3 is 2.48 bits per heavy atom. The summed E-state index contributed by atoms with van der Waals surface area (Å²) in [6.07, 6.45) is 0. The zero-order chi connectivity index (χ0) is 17.9. The van der Waals surface area contributed by atoms with Gasteiger partial charge in [0.15, 0.2) is 0 Å². The quantitative estimate of drug-likeness (QED) is 0.674. The summed E-state index contributed by atoms with van der Waals surface area (Å²) in [4.78, 5) is 13.8. The Labute approximate surface area is 149 Å². The number of hydrogen-bond donors (Lipinski definition) is 1. The van der Waals surface area contributed by atoms with Crippen LogP contribution in [0.1, 0.15) is 5.56 Å². The number of likely N-dealkylation sites (N-methyl/N-ethyl adjacent to an activating group) is 1. The summed E-state index contributed by atoms with van der Waals surface area (Å²) in [6.45, 7) is 4.53. The van der Waals surface area contributed by atoms with E-state index in [4.69, 9.17) is 9.47 Å². The lowest BCUT2D eigenvalue weighted by Crippen LogP contribution is -2.38. The first kappa shape index (κ1) is 18.8. The minimum Gasteiger partial charge on any atom is -0.492 e. The Balaban J connectivity index is 1.56. The predicted molar refractivity (Wildman–Crippen MR) is 99.1 cm³/mol. The van der Waals surface area contributed by atoms with Crippen LogP contribution in [0, 0.1) is 6.92 Å². The Hall–Kier alpha value is -2.53. The Kier molecular flexibility index (Phi) is 7.79. The fourth-order valence-corrected chi connectivity index (χ4v) is 2.29. The van der Waals surface area contributed by atoms with Crippen LogP contribution in [0.2, 0.25) is 0 Å². The van der Waals surface area contributed by atoms with Crippen molar-refractivity contribution in [3.05, 3.63) is 60.2 Å². The van der Waals surface area contributed by atoms with Crippen molar-refractivity contribution in [1.29, 1.82) is 0 Å². The van der Waals surface area contributed by atoms with Crippen LogP contribution in [-0.4, -0.2) is 50.7 Å². The highest BCUT2D eigenvalue weighted by atomic mass is 16.5. The molecule has 0 aromatic heterocycles. The van der Waals surface area contributed by atoms with Crippen LogP contribution in [0.25, 0.3) is 0 Å². The van der Waals surface area contributed by atoms with E-state index in [2.05, 4.69) is 5.32 Å². The van der Waals surface area contributed by atoms with Crippen LogP contribution in [0.15, 0.2) is 54.6 Å². The van der Waals surface area contributed by atoms with Gasteiger partial charge in [0.1, 0.15) is 24.7 Å². The van der Waals surface area contributed by atoms with Crippen molar-refractivity contribution in [3.8, 4) is 11.5 Å². The molecule has 0 aliphatic rings. The van der Waals surface area contributed by atoms with Crippen LogP contribution in [0.5, 0.6) is 11.5 Å². The molecule has 0 unspecified atom stereocenters. The summed E-state index contributed by atoms with van der Waals surface area (Å²) in [5.41, 5.74) is 1.11. The monoisotopic (exact) mass is 342 g/mol. The van der Waals surface area contributed by atoms with Gasteiger partial charge in [-0.15, -0.1) is 0 Å². The lowest BCUT2D eigenvalue weighted by Gasteiger charge is -2.17. The number of carbonyl (C=O) groups excluding carboxylic acids is 1. The van der Waals surface area contributed by atoms with E-state index in [1.807, 2.05) is 73.5 Å². The molecular formula is C20H26N2O3. The highest BCUT2D eigenvalue weighted by Gasteiger charge is 2.06. The van der Waals surface area contributed by atoms with Crippen molar-refractivity contribution in [2.24, 2.45) is 0 Å². The minimum atomic E-state index is -0.0185. The number of aryl methyl sites for hydroxylation is 1. The number of nitrogens with one attached hydrogen (secondary N) is 1. The number of carbonyl (C=O) groups is 1. The van der Waals surface area contributed by atoms with E-state index in [1.165, 1.54) is 0 Å². The molecule has 134 valence electrons. The molecule has 0 saturated heterocycles. The summed E-state index contributed by atoms with van der Waals surface area (Å²) in [5, 5.41) is 2.85. The van der Waals surface area contributed by atoms with Gasteiger partial charge in [0.25, 0.3) is 0 Å². The topological polar surface area (TPSA) is 50.8 Å². The van der Waals surface area contributed by atoms with Crippen LogP contribution < -0.4 is 14.8 Å². The maximum Gasteiger partial charge on any atom is 0.234 e. The molecule has 0 spiro atoms. The molecule has 0 radical (unpaired) electrons. The molecule has 0 aliphatic carbocycles. The zero-order valence-corrected chi connectivity index (χ0v) is 14.9. The van der Waals surface area contributed by atoms with Crippen LogP contribution in [0.3, 0.4) is 0 Å². The number of amides is 1. The van der Waals surface area contributed by atoms with E-state index in [0.29, 0.717) is 32.8 Å². The number of ether oxygens (including phenoxy) is 2. The second-order valence-electron chi connectivity index (χ2n) is 5.86. The molecule has 0 atom stereocenters. The standard InChI is InChI=1S/C20H26N2O3/c1-17-8-6-7-11-19(17)25-15-13-22(2)16-20(23)21-12-14-24-18-9-4-3-5-10-18/h3-11H,12-16H2,1-2H3,(H,21,23). The SMILES string of the molecule is Cc1ccccc1OCCN(C)CC(=O)NCCOc1ccccc1. The molecule has 0 bridgehead atoms. The smallest absolute Gasteiger partial charge is 0.234 e. The van der Waals surface area contributed by atoms with Crippen molar-refractivity contribution in [2.45, 2.75) is 6.92 Å². The second kappa shape index (κ2) is 10.4. The van der Waals surface area contributed by atoms with Crippen molar-refractivity contribution in [2.75, 3.05) is 39.9 Å². The van der Waals surface area contributed by atoms with Crippen molar-refractivity contribution in [1.82, 2.24) is 10.2 Å². The van der Waals surface area contributed by atoms with Gasteiger partial charge >= 0.3 is 0 Å². The van der Waals surface area contributed by atoms with Gasteiger partial charge in [-0.3, -0.25) is 9.69 Å². The van der Waals surface area contributed by atoms with E-state index in [0.717, 1.165) is 17.1 Å². The van der Waals surface area contributed by atoms with E-state index in [1.54, 1.807) is 0 Å². The predicted octanol–water partition coefficient (Wildman–Crippen LogP) is 2.50.